The SMILES string of the molecule is CC/C=C\C/C=C\C/C=C\C/C=C\CCCCCCCCCCCCCCCCCCC(=O)OCC(COC(=O)CCCCCCCCC)OC(=O)CCCCCCCCCCCCCCCCCCC/C=C\C/C=C\CCCCCCC. The maximum Gasteiger partial charge on any atom is 0.306 e. The van der Waals surface area contributed by atoms with Crippen molar-refractivity contribution < 1.29 is 28.6 Å². The highest BCUT2D eigenvalue weighted by Gasteiger charge is 2.19. The van der Waals surface area contributed by atoms with Crippen LogP contribution in [0.5, 0.6) is 0 Å². The second kappa shape index (κ2) is 71.3. The smallest absolute Gasteiger partial charge is 0.306 e. The third-order valence-corrected chi connectivity index (χ3v) is 16.2. The molecule has 482 valence electrons. The largest absolute Gasteiger partial charge is 0.462 e. The molecule has 0 aliphatic heterocycles. The lowest BCUT2D eigenvalue weighted by Crippen LogP contribution is -2.30. The lowest BCUT2D eigenvalue weighted by Gasteiger charge is -2.18. The van der Waals surface area contributed by atoms with Crippen LogP contribution >= 0.6 is 0 Å². The lowest BCUT2D eigenvalue weighted by molar-refractivity contribution is -0.167. The summed E-state index contributed by atoms with van der Waals surface area (Å²) in [4.78, 5) is 38.2. The molecule has 0 radical (unpaired) electrons. The number of allylic oxidation sites excluding steroid dienone is 12. The fourth-order valence-electron chi connectivity index (χ4n) is 10.8. The predicted octanol–water partition coefficient (Wildman–Crippen LogP) is 25.2. The second-order valence-electron chi connectivity index (χ2n) is 24.5. The van der Waals surface area contributed by atoms with E-state index < -0.39 is 6.10 Å². The Hall–Kier alpha value is -3.15. The van der Waals surface area contributed by atoms with Gasteiger partial charge in [0.05, 0.1) is 0 Å². The van der Waals surface area contributed by atoms with Crippen LogP contribution in [0.2, 0.25) is 0 Å². The molecule has 1 atom stereocenters. The van der Waals surface area contributed by atoms with Gasteiger partial charge < -0.3 is 14.2 Å². The fourth-order valence-corrected chi connectivity index (χ4v) is 10.8. The Morgan fingerprint density at radius 2 is 0.470 bits per heavy atom. The summed E-state index contributed by atoms with van der Waals surface area (Å²) in [5.41, 5.74) is 0. The fraction of sp³-hybridized carbons (Fsp3) is 0.805. The topological polar surface area (TPSA) is 78.9 Å². The highest BCUT2D eigenvalue weighted by Crippen LogP contribution is 2.18. The van der Waals surface area contributed by atoms with Crippen LogP contribution in [0.3, 0.4) is 0 Å². The molecule has 0 aromatic rings. The van der Waals surface area contributed by atoms with Gasteiger partial charge in [-0.15, -0.1) is 0 Å². The Kier molecular flexibility index (Phi) is 68.6. The Balaban J connectivity index is 4.02. The highest BCUT2D eigenvalue weighted by atomic mass is 16.6. The van der Waals surface area contributed by atoms with Crippen molar-refractivity contribution in [3.63, 3.8) is 0 Å². The van der Waals surface area contributed by atoms with Gasteiger partial charge in [-0.1, -0.05) is 344 Å². The minimum atomic E-state index is -0.771. The first kappa shape index (κ1) is 79.8. The number of ether oxygens (including phenoxy) is 3. The minimum absolute atomic E-state index is 0.0698. The van der Waals surface area contributed by atoms with E-state index in [0.717, 1.165) is 89.9 Å². The van der Waals surface area contributed by atoms with Crippen LogP contribution < -0.4 is 0 Å². The first-order valence-electron chi connectivity index (χ1n) is 36.4. The first-order chi connectivity index (χ1) is 41.0. The van der Waals surface area contributed by atoms with Gasteiger partial charge in [0.1, 0.15) is 13.2 Å². The van der Waals surface area contributed by atoms with E-state index in [-0.39, 0.29) is 31.1 Å². The molecule has 0 amide bonds. The summed E-state index contributed by atoms with van der Waals surface area (Å²) in [5, 5.41) is 0. The normalized spacial score (nSPS) is 12.5. The van der Waals surface area contributed by atoms with Gasteiger partial charge in [0.25, 0.3) is 0 Å². The van der Waals surface area contributed by atoms with E-state index in [2.05, 4.69) is 93.7 Å². The zero-order chi connectivity index (χ0) is 59.9. The maximum absolute atomic E-state index is 12.9. The molecule has 6 nitrogen and oxygen atoms in total. The van der Waals surface area contributed by atoms with Gasteiger partial charge in [-0.3, -0.25) is 14.4 Å². The summed E-state index contributed by atoms with van der Waals surface area (Å²) in [7, 11) is 0. The van der Waals surface area contributed by atoms with Crippen LogP contribution in [0.1, 0.15) is 380 Å². The molecule has 0 saturated carbocycles. The Labute approximate surface area is 516 Å². The van der Waals surface area contributed by atoms with E-state index in [9.17, 15) is 14.4 Å². The molecule has 0 saturated heterocycles. The van der Waals surface area contributed by atoms with E-state index >= 15 is 0 Å². The van der Waals surface area contributed by atoms with E-state index in [4.69, 9.17) is 14.2 Å². The predicted molar refractivity (Wildman–Crippen MR) is 362 cm³/mol. The Morgan fingerprint density at radius 1 is 0.253 bits per heavy atom. The van der Waals surface area contributed by atoms with Gasteiger partial charge >= 0.3 is 17.9 Å². The van der Waals surface area contributed by atoms with Crippen LogP contribution in [-0.2, 0) is 28.6 Å². The molecule has 0 fully saturated rings. The molecule has 83 heavy (non-hydrogen) atoms. The van der Waals surface area contributed by atoms with Gasteiger partial charge in [0.2, 0.25) is 0 Å². The molecule has 0 aliphatic carbocycles. The van der Waals surface area contributed by atoms with Gasteiger partial charge in [-0.2, -0.15) is 0 Å². The summed E-state index contributed by atoms with van der Waals surface area (Å²) in [6.45, 7) is 6.53. The number of hydrogen-bond acceptors (Lipinski definition) is 6. The number of carbonyl (C=O) groups is 3. The van der Waals surface area contributed by atoms with Crippen molar-refractivity contribution in [3.8, 4) is 0 Å². The van der Waals surface area contributed by atoms with E-state index in [0.29, 0.717) is 19.3 Å². The van der Waals surface area contributed by atoms with E-state index in [1.165, 1.54) is 250 Å². The Morgan fingerprint density at radius 3 is 0.735 bits per heavy atom. The van der Waals surface area contributed by atoms with Crippen molar-refractivity contribution in [2.24, 2.45) is 0 Å². The molecule has 0 N–H and O–H groups in total. The monoisotopic (exact) mass is 1160 g/mol. The maximum atomic E-state index is 12.9. The molecule has 0 spiro atoms. The highest BCUT2D eigenvalue weighted by molar-refractivity contribution is 5.71. The minimum Gasteiger partial charge on any atom is -0.462 e. The average molecular weight is 1160 g/mol. The zero-order valence-electron chi connectivity index (χ0n) is 55.5. The molecule has 0 bridgehead atoms. The molecule has 0 aromatic heterocycles. The van der Waals surface area contributed by atoms with Gasteiger partial charge in [-0.05, 0) is 89.9 Å². The van der Waals surface area contributed by atoms with Crippen LogP contribution in [0, 0.1) is 0 Å². The summed E-state index contributed by atoms with van der Waals surface area (Å²) in [6.07, 6.45) is 94.0. The van der Waals surface area contributed by atoms with Crippen molar-refractivity contribution in [3.05, 3.63) is 72.9 Å². The number of rotatable bonds is 67. The summed E-state index contributed by atoms with van der Waals surface area (Å²) in [6, 6.07) is 0. The van der Waals surface area contributed by atoms with Crippen LogP contribution in [0.4, 0.5) is 0 Å². The molecule has 1 unspecified atom stereocenters. The van der Waals surface area contributed by atoms with Gasteiger partial charge in [0.15, 0.2) is 6.10 Å². The van der Waals surface area contributed by atoms with Crippen molar-refractivity contribution >= 4 is 17.9 Å². The standard InChI is InChI=1S/C77H138O6/c1-4-7-10-13-16-18-20-22-24-26-28-30-32-34-36-38-40-42-44-46-48-50-52-54-56-58-61-64-67-70-76(79)82-73-74(72-81-75(78)69-66-63-60-15-12-9-6-3)83-77(80)71-68-65-62-59-57-55-53-51-49-47-45-43-41-39-37-35-33-31-29-27-25-23-21-19-17-14-11-8-5-2/h7,10,16,18,21-24,27-30,74H,4-6,8-9,11-15,17,19-20,25-26,31-73H2,1-3H3/b10-7-,18-16-,23-21-,24-22-,29-27-,30-28-. The average Bonchev–Trinajstić information content (AvgIpc) is 3.49. The quantitative estimate of drug-likeness (QED) is 0.0261. The third kappa shape index (κ3) is 69.5. The molecule has 6 heteroatoms. The Bertz CT molecular complexity index is 1520. The lowest BCUT2D eigenvalue weighted by atomic mass is 10.0. The van der Waals surface area contributed by atoms with Gasteiger partial charge in [0, 0.05) is 19.3 Å². The molecule has 0 rings (SSSR count). The molecular formula is C77H138O6. The molecule has 0 aromatic carbocycles. The van der Waals surface area contributed by atoms with Crippen LogP contribution in [0.25, 0.3) is 0 Å². The van der Waals surface area contributed by atoms with Crippen molar-refractivity contribution in [2.75, 3.05) is 13.2 Å². The van der Waals surface area contributed by atoms with Gasteiger partial charge in [-0.25, -0.2) is 0 Å². The number of esters is 3. The molecular weight excluding hydrogens is 1020 g/mol. The van der Waals surface area contributed by atoms with E-state index in [1.807, 2.05) is 0 Å². The zero-order valence-corrected chi connectivity index (χ0v) is 55.5. The number of hydrogen-bond donors (Lipinski definition) is 0. The summed E-state index contributed by atoms with van der Waals surface area (Å²) >= 11 is 0. The van der Waals surface area contributed by atoms with Crippen LogP contribution in [0.15, 0.2) is 72.9 Å². The number of carbonyl (C=O) groups excluding carboxylic acids is 3. The molecule has 0 aliphatic rings. The summed E-state index contributed by atoms with van der Waals surface area (Å²) < 4.78 is 16.9. The van der Waals surface area contributed by atoms with Crippen LogP contribution in [-0.4, -0.2) is 37.2 Å². The second-order valence-corrected chi connectivity index (χ2v) is 24.5. The van der Waals surface area contributed by atoms with Crippen molar-refractivity contribution in [1.82, 2.24) is 0 Å². The summed E-state index contributed by atoms with van der Waals surface area (Å²) in [5.74, 6) is -0.854. The first-order valence-corrected chi connectivity index (χ1v) is 36.4. The van der Waals surface area contributed by atoms with E-state index in [1.54, 1.807) is 0 Å². The third-order valence-electron chi connectivity index (χ3n) is 16.2. The van der Waals surface area contributed by atoms with Crippen molar-refractivity contribution in [2.45, 2.75) is 386 Å². The van der Waals surface area contributed by atoms with Crippen molar-refractivity contribution in [1.29, 1.82) is 0 Å². The molecule has 0 heterocycles. The number of unbranched alkanes of at least 4 members (excludes halogenated alkanes) is 44.